The minimum Gasteiger partial charge on any atom is -0.493 e. The van der Waals surface area contributed by atoms with Crippen molar-refractivity contribution >= 4 is 17.3 Å². The normalized spacial score (nSPS) is 21.6. The SMILES string of the molecule is COc1c(F)cc(F)cc1C1=Cc2ccc(N3C[C@@H](C)N[C@@H](C)C3)cc2OC1. The van der Waals surface area contributed by atoms with Gasteiger partial charge in [-0.3, -0.25) is 0 Å². The van der Waals surface area contributed by atoms with Crippen molar-refractivity contribution in [2.45, 2.75) is 25.9 Å². The van der Waals surface area contributed by atoms with Crippen LogP contribution < -0.4 is 19.7 Å². The Morgan fingerprint density at radius 3 is 2.57 bits per heavy atom. The summed E-state index contributed by atoms with van der Waals surface area (Å²) in [5.41, 5.74) is 3.05. The highest BCUT2D eigenvalue weighted by Gasteiger charge is 2.24. The Morgan fingerprint density at radius 2 is 1.86 bits per heavy atom. The smallest absolute Gasteiger partial charge is 0.168 e. The molecule has 0 saturated carbocycles. The number of ether oxygens (including phenoxy) is 2. The summed E-state index contributed by atoms with van der Waals surface area (Å²) in [5.74, 6) is -0.560. The first kappa shape index (κ1) is 18.7. The molecule has 0 bridgehead atoms. The van der Waals surface area contributed by atoms with E-state index in [1.54, 1.807) is 0 Å². The molecule has 4 rings (SSSR count). The summed E-state index contributed by atoms with van der Waals surface area (Å²) in [6.07, 6.45) is 1.91. The number of hydrogen-bond acceptors (Lipinski definition) is 4. The summed E-state index contributed by atoms with van der Waals surface area (Å²) in [6, 6.07) is 9.03. The van der Waals surface area contributed by atoms with Gasteiger partial charge >= 0.3 is 0 Å². The molecule has 28 heavy (non-hydrogen) atoms. The molecule has 2 aliphatic rings. The first-order valence-electron chi connectivity index (χ1n) is 9.46. The lowest BCUT2D eigenvalue weighted by Gasteiger charge is -2.38. The summed E-state index contributed by atoms with van der Waals surface area (Å²) in [7, 11) is 1.37. The fourth-order valence-electron chi connectivity index (χ4n) is 4.05. The van der Waals surface area contributed by atoms with Crippen molar-refractivity contribution < 1.29 is 18.3 Å². The number of anilines is 1. The van der Waals surface area contributed by atoms with Crippen molar-refractivity contribution in [3.8, 4) is 11.5 Å². The zero-order chi connectivity index (χ0) is 19.8. The predicted molar refractivity (Wildman–Crippen MR) is 107 cm³/mol. The van der Waals surface area contributed by atoms with Gasteiger partial charge in [-0.25, -0.2) is 8.78 Å². The van der Waals surface area contributed by atoms with Gasteiger partial charge in [0.1, 0.15) is 18.2 Å². The van der Waals surface area contributed by atoms with Crippen LogP contribution in [0.25, 0.3) is 11.6 Å². The molecule has 148 valence electrons. The van der Waals surface area contributed by atoms with Crippen LogP contribution >= 0.6 is 0 Å². The van der Waals surface area contributed by atoms with Gasteiger partial charge in [-0.2, -0.15) is 0 Å². The van der Waals surface area contributed by atoms with Crippen LogP contribution in [0.1, 0.15) is 25.0 Å². The Kier molecular flexibility index (Phi) is 4.98. The maximum Gasteiger partial charge on any atom is 0.168 e. The maximum absolute atomic E-state index is 14.0. The number of nitrogens with one attached hydrogen (secondary N) is 1. The van der Waals surface area contributed by atoms with Crippen LogP contribution in [0.4, 0.5) is 14.5 Å². The van der Waals surface area contributed by atoms with E-state index in [0.29, 0.717) is 23.2 Å². The van der Waals surface area contributed by atoms with Gasteiger partial charge in [-0.1, -0.05) is 0 Å². The third-order valence-electron chi connectivity index (χ3n) is 5.19. The molecule has 4 nitrogen and oxygen atoms in total. The van der Waals surface area contributed by atoms with Crippen molar-refractivity contribution in [1.29, 1.82) is 0 Å². The van der Waals surface area contributed by atoms with Crippen LogP contribution in [-0.2, 0) is 0 Å². The number of hydrogen-bond donors (Lipinski definition) is 1. The number of methoxy groups -OCH3 is 1. The molecule has 0 aromatic heterocycles. The highest BCUT2D eigenvalue weighted by molar-refractivity contribution is 5.88. The Morgan fingerprint density at radius 1 is 1.11 bits per heavy atom. The standard InChI is InChI=1S/C22H24F2N2O2/c1-13-10-26(11-14(2)25-13)18-5-4-15-6-16(12-28-21(15)9-18)19-7-17(23)8-20(24)22(19)27-3/h4-9,13-14,25H,10-12H2,1-3H3/t13-,14+. The fourth-order valence-corrected chi connectivity index (χ4v) is 4.05. The molecule has 0 unspecified atom stereocenters. The van der Waals surface area contributed by atoms with Crippen LogP contribution in [0, 0.1) is 11.6 Å². The summed E-state index contributed by atoms with van der Waals surface area (Å²) in [6.45, 7) is 6.45. The molecular formula is C22H24F2N2O2. The molecule has 1 N–H and O–H groups in total. The van der Waals surface area contributed by atoms with E-state index in [1.807, 2.05) is 18.2 Å². The van der Waals surface area contributed by atoms with Crippen molar-refractivity contribution in [1.82, 2.24) is 5.32 Å². The van der Waals surface area contributed by atoms with Gasteiger partial charge in [0.2, 0.25) is 0 Å². The van der Waals surface area contributed by atoms with Crippen molar-refractivity contribution in [2.24, 2.45) is 0 Å². The number of benzene rings is 2. The average Bonchev–Trinajstić information content (AvgIpc) is 2.66. The Bertz CT molecular complexity index is 919. The van der Waals surface area contributed by atoms with Crippen LogP contribution in [-0.4, -0.2) is 38.9 Å². The summed E-state index contributed by atoms with van der Waals surface area (Å²) in [5, 5.41) is 3.53. The lowest BCUT2D eigenvalue weighted by molar-refractivity contribution is 0.360. The minimum absolute atomic E-state index is 0.0279. The summed E-state index contributed by atoms with van der Waals surface area (Å²) < 4.78 is 38.9. The number of piperazine rings is 1. The highest BCUT2D eigenvalue weighted by Crippen LogP contribution is 2.37. The second kappa shape index (κ2) is 7.43. The number of fused-ring (bicyclic) bond motifs is 1. The van der Waals surface area contributed by atoms with E-state index in [2.05, 4.69) is 30.1 Å². The molecular weight excluding hydrogens is 362 g/mol. The molecule has 1 fully saturated rings. The second-order valence-corrected chi connectivity index (χ2v) is 7.52. The van der Waals surface area contributed by atoms with E-state index in [1.165, 1.54) is 13.2 Å². The maximum atomic E-state index is 14.0. The second-order valence-electron chi connectivity index (χ2n) is 7.52. The topological polar surface area (TPSA) is 33.7 Å². The molecule has 2 heterocycles. The van der Waals surface area contributed by atoms with Gasteiger partial charge in [-0.05, 0) is 38.1 Å². The predicted octanol–water partition coefficient (Wildman–Crippen LogP) is 4.09. The van der Waals surface area contributed by atoms with Crippen LogP contribution in [0.15, 0.2) is 30.3 Å². The van der Waals surface area contributed by atoms with Crippen LogP contribution in [0.5, 0.6) is 11.5 Å². The highest BCUT2D eigenvalue weighted by atomic mass is 19.1. The molecule has 0 spiro atoms. The molecule has 2 aromatic rings. The largest absolute Gasteiger partial charge is 0.493 e. The lowest BCUT2D eigenvalue weighted by Crippen LogP contribution is -2.54. The van der Waals surface area contributed by atoms with E-state index >= 15 is 0 Å². The molecule has 0 amide bonds. The van der Waals surface area contributed by atoms with E-state index in [9.17, 15) is 8.78 Å². The van der Waals surface area contributed by atoms with Crippen LogP contribution in [0.3, 0.4) is 0 Å². The zero-order valence-corrected chi connectivity index (χ0v) is 16.3. The molecule has 1 saturated heterocycles. The van der Waals surface area contributed by atoms with Crippen molar-refractivity contribution in [3.05, 3.63) is 53.1 Å². The molecule has 0 aliphatic carbocycles. The first-order valence-corrected chi connectivity index (χ1v) is 9.46. The summed E-state index contributed by atoms with van der Waals surface area (Å²) in [4.78, 5) is 2.35. The molecule has 2 aliphatic heterocycles. The number of halogens is 2. The molecule has 0 radical (unpaired) electrons. The van der Waals surface area contributed by atoms with Gasteiger partial charge in [0, 0.05) is 59.7 Å². The van der Waals surface area contributed by atoms with E-state index < -0.39 is 11.6 Å². The van der Waals surface area contributed by atoms with Gasteiger partial charge < -0.3 is 19.7 Å². The van der Waals surface area contributed by atoms with Crippen LogP contribution in [0.2, 0.25) is 0 Å². The molecule has 2 aromatic carbocycles. The third kappa shape index (κ3) is 3.56. The Labute approximate surface area is 163 Å². The van der Waals surface area contributed by atoms with Gasteiger partial charge in [0.25, 0.3) is 0 Å². The number of nitrogens with zero attached hydrogens (tertiary/aromatic N) is 1. The van der Waals surface area contributed by atoms with E-state index in [-0.39, 0.29) is 12.4 Å². The fraction of sp³-hybridized carbons (Fsp3) is 0.364. The van der Waals surface area contributed by atoms with Crippen molar-refractivity contribution in [3.63, 3.8) is 0 Å². The molecule has 6 heteroatoms. The quantitative estimate of drug-likeness (QED) is 0.862. The van der Waals surface area contributed by atoms with Gasteiger partial charge in [0.15, 0.2) is 11.6 Å². The van der Waals surface area contributed by atoms with Gasteiger partial charge in [0.05, 0.1) is 7.11 Å². The Balaban J connectivity index is 1.66. The summed E-state index contributed by atoms with van der Waals surface area (Å²) >= 11 is 0. The monoisotopic (exact) mass is 386 g/mol. The molecule has 2 atom stereocenters. The first-order chi connectivity index (χ1) is 13.4. The van der Waals surface area contributed by atoms with E-state index in [4.69, 9.17) is 9.47 Å². The average molecular weight is 386 g/mol. The van der Waals surface area contributed by atoms with Gasteiger partial charge in [-0.15, -0.1) is 0 Å². The Hall–Kier alpha value is -2.60. The minimum atomic E-state index is -0.721. The lowest BCUT2D eigenvalue weighted by atomic mass is 9.99. The third-order valence-corrected chi connectivity index (χ3v) is 5.19. The van der Waals surface area contributed by atoms with E-state index in [0.717, 1.165) is 36.2 Å². The number of rotatable bonds is 3. The van der Waals surface area contributed by atoms with Crippen molar-refractivity contribution in [2.75, 3.05) is 31.7 Å². The zero-order valence-electron chi connectivity index (χ0n) is 16.3.